The number of pyridine rings is 1. The lowest BCUT2D eigenvalue weighted by atomic mass is 10.2. The minimum absolute atomic E-state index is 0. The van der Waals surface area contributed by atoms with E-state index in [-0.39, 0.29) is 18.4 Å². The van der Waals surface area contributed by atoms with Crippen LogP contribution in [0.4, 0.5) is 0 Å². The molecule has 5 nitrogen and oxygen atoms in total. The van der Waals surface area contributed by atoms with Crippen LogP contribution in [0.3, 0.4) is 0 Å². The summed E-state index contributed by atoms with van der Waals surface area (Å²) in [6, 6.07) is 3.69. The molecule has 6 heteroatoms. The summed E-state index contributed by atoms with van der Waals surface area (Å²) in [5.41, 5.74) is 6.53. The zero-order valence-electron chi connectivity index (χ0n) is 8.83. The molecule has 2 aromatic rings. The smallest absolute Gasteiger partial charge is 0.228 e. The van der Waals surface area contributed by atoms with Crippen LogP contribution >= 0.6 is 12.4 Å². The van der Waals surface area contributed by atoms with Crippen molar-refractivity contribution in [2.45, 2.75) is 19.4 Å². The second-order valence-corrected chi connectivity index (χ2v) is 3.43. The molecule has 2 rings (SSSR count). The maximum absolute atomic E-state index is 5.63. The van der Waals surface area contributed by atoms with Crippen LogP contribution in [0.5, 0.6) is 0 Å². The topological polar surface area (TPSA) is 77.8 Å². The lowest BCUT2D eigenvalue weighted by Crippen LogP contribution is -2.17. The lowest BCUT2D eigenvalue weighted by molar-refractivity contribution is 0.372. The molecule has 0 amide bonds. The van der Waals surface area contributed by atoms with Crippen LogP contribution < -0.4 is 5.73 Å². The monoisotopic (exact) mass is 240 g/mol. The molecule has 0 aromatic carbocycles. The maximum atomic E-state index is 5.63. The Morgan fingerprint density at radius 3 is 2.69 bits per heavy atom. The Labute approximate surface area is 99.5 Å². The van der Waals surface area contributed by atoms with Gasteiger partial charge in [-0.3, -0.25) is 4.98 Å². The summed E-state index contributed by atoms with van der Waals surface area (Å²) in [6.45, 7) is 1.90. The van der Waals surface area contributed by atoms with Gasteiger partial charge in [0.1, 0.15) is 0 Å². The molecule has 0 aliphatic heterocycles. The van der Waals surface area contributed by atoms with Gasteiger partial charge in [-0.25, -0.2) is 0 Å². The van der Waals surface area contributed by atoms with E-state index < -0.39 is 0 Å². The van der Waals surface area contributed by atoms with Crippen molar-refractivity contribution in [2.75, 3.05) is 0 Å². The number of nitrogens with two attached hydrogens (primary N) is 1. The Balaban J connectivity index is 0.00000128. The highest BCUT2D eigenvalue weighted by atomic mass is 35.5. The quantitative estimate of drug-likeness (QED) is 0.879. The lowest BCUT2D eigenvalue weighted by Gasteiger charge is -1.96. The number of aromatic nitrogens is 3. The molecule has 1 unspecified atom stereocenters. The molecule has 0 aliphatic rings. The summed E-state index contributed by atoms with van der Waals surface area (Å²) in [5.74, 6) is 1.14. The predicted molar refractivity (Wildman–Crippen MR) is 62.1 cm³/mol. The third kappa shape index (κ3) is 3.01. The van der Waals surface area contributed by atoms with E-state index in [1.54, 1.807) is 12.4 Å². The average molecular weight is 241 g/mol. The Morgan fingerprint density at radius 2 is 2.06 bits per heavy atom. The Hall–Kier alpha value is -1.46. The fourth-order valence-electron chi connectivity index (χ4n) is 1.23. The van der Waals surface area contributed by atoms with Gasteiger partial charge in [0.25, 0.3) is 0 Å². The molecule has 2 heterocycles. The number of hydrogen-bond donors (Lipinski definition) is 1. The molecule has 0 saturated carbocycles. The summed E-state index contributed by atoms with van der Waals surface area (Å²) >= 11 is 0. The van der Waals surface area contributed by atoms with E-state index in [0.29, 0.717) is 18.1 Å². The summed E-state index contributed by atoms with van der Waals surface area (Å²) in [6.07, 6.45) is 3.98. The van der Waals surface area contributed by atoms with E-state index in [1.807, 2.05) is 19.1 Å². The standard InChI is InChI=1S/C10H12N4O.ClH/c1-7(11)6-9-13-10(14-15-9)8-2-4-12-5-3-8;/h2-5,7H,6,11H2,1H3;1H. The van der Waals surface area contributed by atoms with E-state index in [9.17, 15) is 0 Å². The van der Waals surface area contributed by atoms with E-state index in [2.05, 4.69) is 15.1 Å². The molecule has 0 spiro atoms. The highest BCUT2D eigenvalue weighted by molar-refractivity contribution is 5.85. The predicted octanol–water partition coefficient (Wildman–Crippen LogP) is 1.44. The van der Waals surface area contributed by atoms with Crippen molar-refractivity contribution < 1.29 is 4.52 Å². The molecule has 0 aliphatic carbocycles. The van der Waals surface area contributed by atoms with Gasteiger partial charge < -0.3 is 10.3 Å². The van der Waals surface area contributed by atoms with Crippen molar-refractivity contribution in [1.29, 1.82) is 0 Å². The van der Waals surface area contributed by atoms with Crippen LogP contribution in [0.1, 0.15) is 12.8 Å². The molecule has 0 radical (unpaired) electrons. The zero-order chi connectivity index (χ0) is 10.7. The van der Waals surface area contributed by atoms with E-state index >= 15 is 0 Å². The first-order chi connectivity index (χ1) is 7.25. The molecule has 0 fully saturated rings. The first-order valence-electron chi connectivity index (χ1n) is 4.74. The molecular weight excluding hydrogens is 228 g/mol. The van der Waals surface area contributed by atoms with Crippen LogP contribution in [-0.2, 0) is 6.42 Å². The van der Waals surface area contributed by atoms with E-state index in [1.165, 1.54) is 0 Å². The number of hydrogen-bond acceptors (Lipinski definition) is 5. The van der Waals surface area contributed by atoms with Gasteiger partial charge in [-0.1, -0.05) is 5.16 Å². The SMILES string of the molecule is CC(N)Cc1nc(-c2ccncc2)no1.Cl. The third-order valence-electron chi connectivity index (χ3n) is 1.90. The normalized spacial score (nSPS) is 11.9. The fraction of sp³-hybridized carbons (Fsp3) is 0.300. The second-order valence-electron chi connectivity index (χ2n) is 3.43. The first-order valence-corrected chi connectivity index (χ1v) is 4.74. The molecule has 0 saturated heterocycles. The van der Waals surface area contributed by atoms with Gasteiger partial charge in [-0.2, -0.15) is 4.98 Å². The second kappa shape index (κ2) is 5.58. The van der Waals surface area contributed by atoms with Crippen molar-refractivity contribution in [3.05, 3.63) is 30.4 Å². The van der Waals surface area contributed by atoms with Gasteiger partial charge in [0.05, 0.1) is 0 Å². The highest BCUT2D eigenvalue weighted by Gasteiger charge is 2.09. The minimum atomic E-state index is 0. The Kier molecular flexibility index (Phi) is 4.39. The summed E-state index contributed by atoms with van der Waals surface area (Å²) in [4.78, 5) is 8.16. The van der Waals surface area contributed by atoms with Gasteiger partial charge in [0, 0.05) is 30.4 Å². The van der Waals surface area contributed by atoms with Gasteiger partial charge in [0.2, 0.25) is 11.7 Å². The molecule has 86 valence electrons. The van der Waals surface area contributed by atoms with Gasteiger partial charge in [-0.05, 0) is 19.1 Å². The Bertz CT molecular complexity index is 429. The average Bonchev–Trinajstić information content (AvgIpc) is 2.67. The van der Waals surface area contributed by atoms with E-state index in [4.69, 9.17) is 10.3 Å². The zero-order valence-corrected chi connectivity index (χ0v) is 9.65. The fourth-order valence-corrected chi connectivity index (χ4v) is 1.23. The molecule has 16 heavy (non-hydrogen) atoms. The Morgan fingerprint density at radius 1 is 1.38 bits per heavy atom. The van der Waals surface area contributed by atoms with Crippen LogP contribution in [0, 0.1) is 0 Å². The third-order valence-corrected chi connectivity index (χ3v) is 1.90. The van der Waals surface area contributed by atoms with Crippen LogP contribution in [-0.4, -0.2) is 21.2 Å². The van der Waals surface area contributed by atoms with Crippen LogP contribution in [0.2, 0.25) is 0 Å². The number of nitrogens with zero attached hydrogens (tertiary/aromatic N) is 3. The largest absolute Gasteiger partial charge is 0.339 e. The van der Waals surface area contributed by atoms with Gasteiger partial charge in [0.15, 0.2) is 0 Å². The summed E-state index contributed by atoms with van der Waals surface area (Å²) in [5, 5.41) is 3.87. The minimum Gasteiger partial charge on any atom is -0.339 e. The van der Waals surface area contributed by atoms with Crippen molar-refractivity contribution in [3.8, 4) is 11.4 Å². The van der Waals surface area contributed by atoms with E-state index in [0.717, 1.165) is 5.56 Å². The van der Waals surface area contributed by atoms with Gasteiger partial charge >= 0.3 is 0 Å². The van der Waals surface area contributed by atoms with Crippen LogP contribution in [0.25, 0.3) is 11.4 Å². The van der Waals surface area contributed by atoms with Crippen molar-refractivity contribution in [2.24, 2.45) is 5.73 Å². The molecule has 2 N–H and O–H groups in total. The van der Waals surface area contributed by atoms with Gasteiger partial charge in [-0.15, -0.1) is 12.4 Å². The highest BCUT2D eigenvalue weighted by Crippen LogP contribution is 2.14. The molecule has 0 bridgehead atoms. The summed E-state index contributed by atoms with van der Waals surface area (Å²) < 4.78 is 5.07. The first kappa shape index (κ1) is 12.6. The molecule has 2 aromatic heterocycles. The number of rotatable bonds is 3. The van der Waals surface area contributed by atoms with Crippen molar-refractivity contribution >= 4 is 12.4 Å². The molecule has 1 atom stereocenters. The number of halogens is 1. The maximum Gasteiger partial charge on any atom is 0.228 e. The van der Waals surface area contributed by atoms with Crippen molar-refractivity contribution in [1.82, 2.24) is 15.1 Å². The van der Waals surface area contributed by atoms with Crippen LogP contribution in [0.15, 0.2) is 29.0 Å². The summed E-state index contributed by atoms with van der Waals surface area (Å²) in [7, 11) is 0. The van der Waals surface area contributed by atoms with Crippen molar-refractivity contribution in [3.63, 3.8) is 0 Å². The molecular formula is C10H13ClN4O.